The molecule has 2 aromatic heterocycles. The van der Waals surface area contributed by atoms with Crippen molar-refractivity contribution < 1.29 is 18.3 Å². The predicted molar refractivity (Wildman–Crippen MR) is 95.5 cm³/mol. The molecule has 0 saturated carbocycles. The van der Waals surface area contributed by atoms with Gasteiger partial charge in [-0.25, -0.2) is 4.79 Å². The largest absolute Gasteiger partial charge is 0.495 e. The van der Waals surface area contributed by atoms with Gasteiger partial charge in [-0.15, -0.1) is 0 Å². The number of benzene rings is 2. The van der Waals surface area contributed by atoms with Gasteiger partial charge < -0.3 is 18.3 Å². The monoisotopic (exact) mass is 336 g/mol. The molecule has 0 amide bonds. The van der Waals surface area contributed by atoms with Gasteiger partial charge in [-0.1, -0.05) is 30.3 Å². The molecule has 0 saturated heterocycles. The summed E-state index contributed by atoms with van der Waals surface area (Å²) in [5.41, 5.74) is 2.46. The zero-order valence-corrected chi connectivity index (χ0v) is 14.1. The van der Waals surface area contributed by atoms with Crippen molar-refractivity contribution in [1.29, 1.82) is 0 Å². The van der Waals surface area contributed by atoms with Gasteiger partial charge in [0, 0.05) is 0 Å². The topological polar surface area (TPSA) is 61.8 Å². The van der Waals surface area contributed by atoms with Crippen LogP contribution < -0.4 is 15.1 Å². The molecule has 5 heteroatoms. The molecule has 0 radical (unpaired) electrons. The molecule has 25 heavy (non-hydrogen) atoms. The molecule has 0 N–H and O–H groups in total. The van der Waals surface area contributed by atoms with Gasteiger partial charge in [-0.2, -0.15) is 0 Å². The van der Waals surface area contributed by atoms with Crippen LogP contribution in [0.15, 0.2) is 56.3 Å². The molecule has 4 rings (SSSR count). The molecule has 2 aromatic carbocycles. The minimum Gasteiger partial charge on any atom is -0.495 e. The van der Waals surface area contributed by atoms with Crippen molar-refractivity contribution in [3.63, 3.8) is 0 Å². The molecule has 0 aliphatic rings. The lowest BCUT2D eigenvalue weighted by Gasteiger charge is -2.14. The van der Waals surface area contributed by atoms with Gasteiger partial charge in [-0.3, -0.25) is 0 Å². The van der Waals surface area contributed by atoms with Crippen LogP contribution in [0.3, 0.4) is 0 Å². The second-order valence-corrected chi connectivity index (χ2v) is 5.69. The number of fused-ring (bicyclic) bond motifs is 2. The first kappa shape index (κ1) is 15.3. The molecule has 0 atom stereocenters. The lowest BCUT2D eigenvalue weighted by atomic mass is 9.98. The second kappa shape index (κ2) is 5.70. The highest BCUT2D eigenvalue weighted by Crippen LogP contribution is 2.45. The number of aryl methyl sites for hydroxylation is 1. The van der Waals surface area contributed by atoms with Crippen molar-refractivity contribution in [3.8, 4) is 22.6 Å². The Morgan fingerprint density at radius 1 is 0.920 bits per heavy atom. The van der Waals surface area contributed by atoms with E-state index in [0.717, 1.165) is 16.5 Å². The van der Waals surface area contributed by atoms with Crippen LogP contribution >= 0.6 is 0 Å². The maximum Gasteiger partial charge on any atom is 0.344 e. The molecule has 5 nitrogen and oxygen atoms in total. The van der Waals surface area contributed by atoms with Crippen molar-refractivity contribution in [2.24, 2.45) is 0 Å². The fraction of sp³-hybridized carbons (Fsp3) is 0.150. The molecule has 0 unspecified atom stereocenters. The Morgan fingerprint density at radius 2 is 1.64 bits per heavy atom. The summed E-state index contributed by atoms with van der Waals surface area (Å²) >= 11 is 0. The third-order valence-electron chi connectivity index (χ3n) is 4.40. The first-order valence-electron chi connectivity index (χ1n) is 7.81. The van der Waals surface area contributed by atoms with Crippen LogP contribution in [0.5, 0.6) is 11.5 Å². The summed E-state index contributed by atoms with van der Waals surface area (Å²) in [5.74, 6) is 0.980. The molecule has 0 fully saturated rings. The maximum absolute atomic E-state index is 12.7. The van der Waals surface area contributed by atoms with Crippen LogP contribution in [-0.2, 0) is 0 Å². The van der Waals surface area contributed by atoms with E-state index in [4.69, 9.17) is 18.3 Å². The third-order valence-corrected chi connectivity index (χ3v) is 4.40. The number of hydrogen-bond donors (Lipinski definition) is 0. The molecule has 0 spiro atoms. The molecule has 0 aliphatic heterocycles. The van der Waals surface area contributed by atoms with Crippen LogP contribution in [-0.4, -0.2) is 14.2 Å². The zero-order valence-electron chi connectivity index (χ0n) is 14.1. The van der Waals surface area contributed by atoms with Crippen LogP contribution in [0.2, 0.25) is 0 Å². The lowest BCUT2D eigenvalue weighted by molar-refractivity contribution is 0.398. The summed E-state index contributed by atoms with van der Waals surface area (Å²) in [6, 6.07) is 11.2. The smallest absolute Gasteiger partial charge is 0.344 e. The third kappa shape index (κ3) is 2.12. The molecule has 4 aromatic rings. The Morgan fingerprint density at radius 3 is 2.32 bits per heavy atom. The summed E-state index contributed by atoms with van der Waals surface area (Å²) in [4.78, 5) is 12.7. The van der Waals surface area contributed by atoms with E-state index < -0.39 is 5.63 Å². The van der Waals surface area contributed by atoms with E-state index in [-0.39, 0.29) is 0 Å². The average molecular weight is 336 g/mol. The fourth-order valence-electron chi connectivity index (χ4n) is 3.31. The van der Waals surface area contributed by atoms with Gasteiger partial charge in [0.15, 0.2) is 11.2 Å². The fourth-order valence-corrected chi connectivity index (χ4v) is 3.31. The number of methoxy groups -OCH3 is 2. The van der Waals surface area contributed by atoms with E-state index in [0.29, 0.717) is 33.6 Å². The Balaban J connectivity index is 2.24. The quantitative estimate of drug-likeness (QED) is 0.514. The van der Waals surface area contributed by atoms with Gasteiger partial charge >= 0.3 is 5.63 Å². The SMILES string of the molecule is COc1c2occc2c(OC)c2c(C)c(-c3ccccc3)c(=O)oc12. The van der Waals surface area contributed by atoms with Crippen molar-refractivity contribution in [2.45, 2.75) is 6.92 Å². The van der Waals surface area contributed by atoms with Crippen molar-refractivity contribution in [1.82, 2.24) is 0 Å². The van der Waals surface area contributed by atoms with Gasteiger partial charge in [0.2, 0.25) is 5.75 Å². The standard InChI is InChI=1S/C20H16O5/c1-11-14(12-7-5-4-6-8-12)20(21)25-18-15(11)16(22-2)13-9-10-24-17(13)19(18)23-3/h4-10H,1-3H3. The van der Waals surface area contributed by atoms with Crippen molar-refractivity contribution in [2.75, 3.05) is 14.2 Å². The van der Waals surface area contributed by atoms with E-state index >= 15 is 0 Å². The molecular formula is C20H16O5. The summed E-state index contributed by atoms with van der Waals surface area (Å²) in [6.07, 6.45) is 1.56. The highest BCUT2D eigenvalue weighted by atomic mass is 16.5. The Labute approximate surface area is 143 Å². The highest BCUT2D eigenvalue weighted by molar-refractivity contribution is 6.09. The minimum absolute atomic E-state index is 0.323. The summed E-state index contributed by atoms with van der Waals surface area (Å²) < 4.78 is 22.3. The molecule has 2 heterocycles. The van der Waals surface area contributed by atoms with Crippen LogP contribution in [0, 0.1) is 6.92 Å². The van der Waals surface area contributed by atoms with E-state index in [2.05, 4.69) is 0 Å². The van der Waals surface area contributed by atoms with Crippen molar-refractivity contribution >= 4 is 21.9 Å². The Kier molecular flexibility index (Phi) is 3.50. The van der Waals surface area contributed by atoms with Gasteiger partial charge in [0.25, 0.3) is 0 Å². The molecule has 0 aliphatic carbocycles. The number of ether oxygens (including phenoxy) is 2. The summed E-state index contributed by atoms with van der Waals surface area (Å²) in [6.45, 7) is 1.88. The predicted octanol–water partition coefficient (Wildman–Crippen LogP) is 4.53. The van der Waals surface area contributed by atoms with Crippen molar-refractivity contribution in [3.05, 3.63) is 58.6 Å². The van der Waals surface area contributed by atoms with E-state index in [1.54, 1.807) is 13.4 Å². The van der Waals surface area contributed by atoms with Gasteiger partial charge in [0.05, 0.1) is 36.8 Å². The molecule has 126 valence electrons. The van der Waals surface area contributed by atoms with Gasteiger partial charge in [0.1, 0.15) is 5.75 Å². The van der Waals surface area contributed by atoms with E-state index in [1.165, 1.54) is 7.11 Å². The summed E-state index contributed by atoms with van der Waals surface area (Å²) in [5, 5.41) is 1.47. The van der Waals surface area contributed by atoms with E-state index in [9.17, 15) is 4.79 Å². The zero-order chi connectivity index (χ0) is 17.6. The maximum atomic E-state index is 12.7. The minimum atomic E-state index is -0.428. The number of hydrogen-bond acceptors (Lipinski definition) is 5. The average Bonchev–Trinajstić information content (AvgIpc) is 3.10. The van der Waals surface area contributed by atoms with Gasteiger partial charge in [-0.05, 0) is 24.1 Å². The number of rotatable bonds is 3. The first-order chi connectivity index (χ1) is 12.2. The molecule has 0 bridgehead atoms. The molecular weight excluding hydrogens is 320 g/mol. The lowest BCUT2D eigenvalue weighted by Crippen LogP contribution is -2.07. The second-order valence-electron chi connectivity index (χ2n) is 5.69. The Bertz CT molecular complexity index is 1140. The summed E-state index contributed by atoms with van der Waals surface area (Å²) in [7, 11) is 3.10. The normalized spacial score (nSPS) is 11.2. The highest BCUT2D eigenvalue weighted by Gasteiger charge is 2.24. The van der Waals surface area contributed by atoms with Crippen LogP contribution in [0.1, 0.15) is 5.56 Å². The Hall–Kier alpha value is -3.21. The van der Waals surface area contributed by atoms with Crippen LogP contribution in [0.25, 0.3) is 33.1 Å². The van der Waals surface area contributed by atoms with E-state index in [1.807, 2.05) is 43.3 Å². The number of furan rings is 1. The first-order valence-corrected chi connectivity index (χ1v) is 7.81. The van der Waals surface area contributed by atoms with Crippen LogP contribution in [0.4, 0.5) is 0 Å².